The van der Waals surface area contributed by atoms with Gasteiger partial charge in [-0.05, 0) is 25.8 Å². The number of carbonyl (C=O) groups is 2. The number of likely N-dealkylation sites (N-methyl/N-ethyl adjacent to an activating group) is 2. The summed E-state index contributed by atoms with van der Waals surface area (Å²) in [5.41, 5.74) is 6.97. The summed E-state index contributed by atoms with van der Waals surface area (Å²) in [5, 5.41) is 2.68. The summed E-state index contributed by atoms with van der Waals surface area (Å²) in [4.78, 5) is 25.3. The Morgan fingerprint density at radius 2 is 1.90 bits per heavy atom. The first kappa shape index (κ1) is 16.2. The number of nitrogens with zero attached hydrogens (tertiary/aromatic N) is 1. The van der Waals surface area contributed by atoms with Gasteiger partial charge >= 0.3 is 0 Å². The summed E-state index contributed by atoms with van der Waals surface area (Å²) in [6, 6.07) is 9.01. The Kier molecular flexibility index (Phi) is 6.73. The Morgan fingerprint density at radius 3 is 2.45 bits per heavy atom. The van der Waals surface area contributed by atoms with E-state index in [0.717, 1.165) is 5.56 Å². The van der Waals surface area contributed by atoms with Crippen molar-refractivity contribution in [2.24, 2.45) is 5.73 Å². The molecule has 2 amide bonds. The van der Waals surface area contributed by atoms with Crippen LogP contribution in [-0.2, 0) is 16.0 Å². The van der Waals surface area contributed by atoms with Crippen LogP contribution >= 0.6 is 0 Å². The minimum Gasteiger partial charge on any atom is -0.355 e. The van der Waals surface area contributed by atoms with Crippen LogP contribution in [0.1, 0.15) is 19.4 Å². The van der Waals surface area contributed by atoms with E-state index in [9.17, 15) is 9.59 Å². The van der Waals surface area contributed by atoms with Gasteiger partial charge in [-0.15, -0.1) is 0 Å². The molecule has 0 spiro atoms. The van der Waals surface area contributed by atoms with Crippen LogP contribution < -0.4 is 11.1 Å². The smallest absolute Gasteiger partial charge is 0.240 e. The summed E-state index contributed by atoms with van der Waals surface area (Å²) >= 11 is 0. The van der Waals surface area contributed by atoms with E-state index in [-0.39, 0.29) is 18.4 Å². The zero-order valence-electron chi connectivity index (χ0n) is 12.1. The molecule has 0 bridgehead atoms. The molecule has 0 heterocycles. The molecule has 0 saturated heterocycles. The van der Waals surface area contributed by atoms with E-state index in [1.807, 2.05) is 44.2 Å². The van der Waals surface area contributed by atoms with Crippen LogP contribution in [0.25, 0.3) is 0 Å². The van der Waals surface area contributed by atoms with Crippen molar-refractivity contribution in [3.63, 3.8) is 0 Å². The minimum absolute atomic E-state index is 0.0612. The molecule has 3 N–H and O–H groups in total. The SMILES string of the molecule is CCNC(=O)CN(CC)C(=O)C(N)Cc1ccccc1. The molecule has 5 heteroatoms. The predicted molar refractivity (Wildman–Crippen MR) is 79.1 cm³/mol. The number of benzene rings is 1. The van der Waals surface area contributed by atoms with E-state index >= 15 is 0 Å². The van der Waals surface area contributed by atoms with Crippen LogP contribution in [-0.4, -0.2) is 42.4 Å². The van der Waals surface area contributed by atoms with Crippen LogP contribution in [0.15, 0.2) is 30.3 Å². The van der Waals surface area contributed by atoms with Gasteiger partial charge < -0.3 is 16.0 Å². The largest absolute Gasteiger partial charge is 0.355 e. The van der Waals surface area contributed by atoms with E-state index < -0.39 is 6.04 Å². The van der Waals surface area contributed by atoms with E-state index in [1.54, 1.807) is 0 Å². The van der Waals surface area contributed by atoms with Crippen molar-refractivity contribution in [2.75, 3.05) is 19.6 Å². The van der Waals surface area contributed by atoms with Crippen molar-refractivity contribution in [1.29, 1.82) is 0 Å². The van der Waals surface area contributed by atoms with Gasteiger partial charge in [0.05, 0.1) is 12.6 Å². The number of carbonyl (C=O) groups excluding carboxylic acids is 2. The van der Waals surface area contributed by atoms with Crippen LogP contribution in [0.4, 0.5) is 0 Å². The summed E-state index contributed by atoms with van der Waals surface area (Å²) < 4.78 is 0. The van der Waals surface area contributed by atoms with E-state index in [4.69, 9.17) is 5.73 Å². The van der Waals surface area contributed by atoms with Crippen molar-refractivity contribution in [3.05, 3.63) is 35.9 Å². The fourth-order valence-electron chi connectivity index (χ4n) is 1.96. The maximum absolute atomic E-state index is 12.2. The number of amides is 2. The van der Waals surface area contributed by atoms with Gasteiger partial charge in [0.15, 0.2) is 0 Å². The van der Waals surface area contributed by atoms with Crippen molar-refractivity contribution in [2.45, 2.75) is 26.3 Å². The topological polar surface area (TPSA) is 75.4 Å². The van der Waals surface area contributed by atoms with E-state index in [2.05, 4.69) is 5.32 Å². The number of hydrogen-bond donors (Lipinski definition) is 2. The standard InChI is InChI=1S/C15H23N3O2/c1-3-17-14(19)11-18(4-2)15(20)13(16)10-12-8-6-5-7-9-12/h5-9,13H,3-4,10-11,16H2,1-2H3,(H,17,19). The Morgan fingerprint density at radius 1 is 1.25 bits per heavy atom. The molecule has 0 aliphatic heterocycles. The highest BCUT2D eigenvalue weighted by atomic mass is 16.2. The molecular weight excluding hydrogens is 254 g/mol. The zero-order valence-corrected chi connectivity index (χ0v) is 12.1. The van der Waals surface area contributed by atoms with Crippen molar-refractivity contribution in [1.82, 2.24) is 10.2 Å². The molecule has 0 fully saturated rings. The summed E-state index contributed by atoms with van der Waals surface area (Å²) in [6.45, 7) is 4.77. The molecule has 1 atom stereocenters. The molecule has 0 radical (unpaired) electrons. The Labute approximate surface area is 120 Å². The third-order valence-corrected chi connectivity index (χ3v) is 3.02. The fraction of sp³-hybridized carbons (Fsp3) is 0.467. The van der Waals surface area contributed by atoms with Crippen LogP contribution in [0.2, 0.25) is 0 Å². The number of rotatable bonds is 7. The molecule has 1 aromatic carbocycles. The normalized spacial score (nSPS) is 11.8. The number of nitrogens with two attached hydrogens (primary N) is 1. The lowest BCUT2D eigenvalue weighted by Gasteiger charge is -2.23. The maximum Gasteiger partial charge on any atom is 0.240 e. The van der Waals surface area contributed by atoms with Crippen molar-refractivity contribution < 1.29 is 9.59 Å². The van der Waals surface area contributed by atoms with Gasteiger partial charge in [0.2, 0.25) is 11.8 Å². The number of nitrogens with one attached hydrogen (secondary N) is 1. The molecule has 0 aromatic heterocycles. The fourth-order valence-corrected chi connectivity index (χ4v) is 1.96. The van der Waals surface area contributed by atoms with Gasteiger partial charge in [-0.3, -0.25) is 9.59 Å². The lowest BCUT2D eigenvalue weighted by molar-refractivity contribution is -0.136. The Bertz CT molecular complexity index is 434. The van der Waals surface area contributed by atoms with Crippen molar-refractivity contribution in [3.8, 4) is 0 Å². The summed E-state index contributed by atoms with van der Waals surface area (Å²) in [6.07, 6.45) is 0.478. The highest BCUT2D eigenvalue weighted by molar-refractivity contribution is 5.87. The molecule has 20 heavy (non-hydrogen) atoms. The van der Waals surface area contributed by atoms with Crippen LogP contribution in [0.5, 0.6) is 0 Å². The second kappa shape index (κ2) is 8.32. The molecule has 1 unspecified atom stereocenters. The molecule has 1 aromatic rings. The van der Waals surface area contributed by atoms with Crippen molar-refractivity contribution >= 4 is 11.8 Å². The van der Waals surface area contributed by atoms with E-state index in [0.29, 0.717) is 19.5 Å². The molecule has 0 saturated carbocycles. The minimum atomic E-state index is -0.619. The Hall–Kier alpha value is -1.88. The van der Waals surface area contributed by atoms with Gasteiger partial charge in [0.25, 0.3) is 0 Å². The number of hydrogen-bond acceptors (Lipinski definition) is 3. The van der Waals surface area contributed by atoms with Crippen LogP contribution in [0, 0.1) is 0 Å². The highest BCUT2D eigenvalue weighted by Gasteiger charge is 2.21. The second-order valence-corrected chi connectivity index (χ2v) is 4.60. The summed E-state index contributed by atoms with van der Waals surface area (Å²) in [7, 11) is 0. The van der Waals surface area contributed by atoms with Crippen LogP contribution in [0.3, 0.4) is 0 Å². The third kappa shape index (κ3) is 5.01. The first-order valence-corrected chi connectivity index (χ1v) is 6.93. The first-order valence-electron chi connectivity index (χ1n) is 6.93. The molecule has 0 aliphatic rings. The van der Waals surface area contributed by atoms with Gasteiger partial charge in [-0.25, -0.2) is 0 Å². The highest BCUT2D eigenvalue weighted by Crippen LogP contribution is 2.04. The van der Waals surface area contributed by atoms with Gasteiger partial charge in [0.1, 0.15) is 0 Å². The second-order valence-electron chi connectivity index (χ2n) is 4.60. The maximum atomic E-state index is 12.2. The average Bonchev–Trinajstić information content (AvgIpc) is 2.45. The molecule has 110 valence electrons. The first-order chi connectivity index (χ1) is 9.58. The molecule has 5 nitrogen and oxygen atoms in total. The zero-order chi connectivity index (χ0) is 15.0. The Balaban J connectivity index is 2.59. The van der Waals surface area contributed by atoms with Gasteiger partial charge in [0, 0.05) is 13.1 Å². The van der Waals surface area contributed by atoms with Gasteiger partial charge in [-0.1, -0.05) is 30.3 Å². The quantitative estimate of drug-likeness (QED) is 0.764. The predicted octanol–water partition coefficient (Wildman–Crippen LogP) is 0.541. The summed E-state index contributed by atoms with van der Waals surface area (Å²) in [5.74, 6) is -0.350. The average molecular weight is 277 g/mol. The monoisotopic (exact) mass is 277 g/mol. The molecule has 0 aliphatic carbocycles. The third-order valence-electron chi connectivity index (χ3n) is 3.02. The van der Waals surface area contributed by atoms with E-state index in [1.165, 1.54) is 4.90 Å². The molecule has 1 rings (SSSR count). The lowest BCUT2D eigenvalue weighted by atomic mass is 10.1. The lowest BCUT2D eigenvalue weighted by Crippen LogP contribution is -2.48. The van der Waals surface area contributed by atoms with Gasteiger partial charge in [-0.2, -0.15) is 0 Å². The molecular formula is C15H23N3O2.